The first kappa shape index (κ1) is 7.66. The maximum Gasteiger partial charge on any atom is 0.359 e. The number of carbonyl (C=O) groups is 1. The molecule has 2 rings (SSSR count). The maximum atomic E-state index is 13.2. The van der Waals surface area contributed by atoms with Gasteiger partial charge in [0.05, 0.1) is 0 Å². The maximum absolute atomic E-state index is 13.2. The monoisotopic (exact) mass is 181 g/mol. The smallest absolute Gasteiger partial charge is 0.359 e. The lowest BCUT2D eigenvalue weighted by Gasteiger charge is -1.89. The summed E-state index contributed by atoms with van der Waals surface area (Å²) in [5.41, 5.74) is -0.612. The number of hydrogen-bond donors (Lipinski definition) is 1. The highest BCUT2D eigenvalue weighted by Crippen LogP contribution is 2.07. The molecule has 0 bridgehead atoms. The molecule has 0 saturated carbocycles. The Morgan fingerprint density at radius 3 is 3.00 bits per heavy atom. The number of aromatic carboxylic acids is 1. The molecule has 13 heavy (non-hydrogen) atoms. The number of imidazole rings is 1. The molecule has 6 heteroatoms. The van der Waals surface area contributed by atoms with E-state index in [-0.39, 0.29) is 5.78 Å². The van der Waals surface area contributed by atoms with Gasteiger partial charge in [0.1, 0.15) is 0 Å². The molecule has 0 unspecified atom stereocenters. The van der Waals surface area contributed by atoms with E-state index in [1.54, 1.807) is 0 Å². The van der Waals surface area contributed by atoms with Gasteiger partial charge in [-0.3, -0.25) is 4.40 Å². The zero-order valence-electron chi connectivity index (χ0n) is 6.31. The lowest BCUT2D eigenvalue weighted by atomic mass is 10.5. The van der Waals surface area contributed by atoms with Gasteiger partial charge >= 0.3 is 5.97 Å². The molecule has 0 aliphatic rings. The summed E-state index contributed by atoms with van der Waals surface area (Å²) in [5, 5.41) is 8.52. The van der Waals surface area contributed by atoms with Crippen molar-refractivity contribution in [2.45, 2.75) is 0 Å². The minimum Gasteiger partial charge on any atom is -0.476 e. The van der Waals surface area contributed by atoms with Crippen molar-refractivity contribution in [1.29, 1.82) is 0 Å². The molecule has 5 nitrogen and oxygen atoms in total. The molecular formula is C7H4FN3O2. The van der Waals surface area contributed by atoms with E-state index in [1.807, 2.05) is 0 Å². The number of rotatable bonds is 1. The van der Waals surface area contributed by atoms with Crippen molar-refractivity contribution in [2.75, 3.05) is 0 Å². The highest BCUT2D eigenvalue weighted by atomic mass is 19.1. The van der Waals surface area contributed by atoms with Gasteiger partial charge in [0.2, 0.25) is 17.4 Å². The first-order valence-corrected chi connectivity index (χ1v) is 3.42. The molecule has 0 saturated heterocycles. The second-order valence-electron chi connectivity index (χ2n) is 2.35. The molecule has 0 aliphatic carbocycles. The van der Waals surface area contributed by atoms with E-state index in [0.29, 0.717) is 0 Å². The topological polar surface area (TPSA) is 67.5 Å². The molecule has 2 heterocycles. The van der Waals surface area contributed by atoms with Crippen LogP contribution < -0.4 is 0 Å². The van der Waals surface area contributed by atoms with Crippen molar-refractivity contribution in [1.82, 2.24) is 14.4 Å². The predicted molar refractivity (Wildman–Crippen MR) is 39.9 cm³/mol. The van der Waals surface area contributed by atoms with Crippen LogP contribution in [0.25, 0.3) is 5.78 Å². The van der Waals surface area contributed by atoms with Crippen molar-refractivity contribution < 1.29 is 14.3 Å². The molecule has 66 valence electrons. The van der Waals surface area contributed by atoms with Crippen molar-refractivity contribution in [2.24, 2.45) is 0 Å². The Bertz CT molecular complexity index is 480. The van der Waals surface area contributed by atoms with Crippen LogP contribution in [-0.2, 0) is 0 Å². The third kappa shape index (κ3) is 1.03. The van der Waals surface area contributed by atoms with Gasteiger partial charge in [-0.05, 0) is 6.07 Å². The molecule has 0 atom stereocenters. The molecule has 0 amide bonds. The molecule has 0 aromatic carbocycles. The summed E-state index contributed by atoms with van der Waals surface area (Å²) in [6.07, 6.45) is 2.77. The number of aromatic nitrogens is 3. The summed E-state index contributed by atoms with van der Waals surface area (Å²) in [7, 11) is 0. The number of carboxylic acids is 1. The number of carboxylic acid groups (broad SMARTS) is 1. The van der Waals surface area contributed by atoms with Crippen LogP contribution >= 0.6 is 0 Å². The third-order valence-electron chi connectivity index (χ3n) is 1.55. The van der Waals surface area contributed by atoms with E-state index in [2.05, 4.69) is 9.97 Å². The van der Waals surface area contributed by atoms with E-state index in [9.17, 15) is 9.18 Å². The lowest BCUT2D eigenvalue weighted by molar-refractivity contribution is 0.0685. The third-order valence-corrected chi connectivity index (χ3v) is 1.55. The Balaban J connectivity index is 2.81. The van der Waals surface area contributed by atoms with Crippen LogP contribution in [0, 0.1) is 5.95 Å². The SMILES string of the molecule is O=C(O)c1nc2ncccn2c1F. The molecule has 1 N–H and O–H groups in total. The zero-order chi connectivity index (χ0) is 9.42. The van der Waals surface area contributed by atoms with Gasteiger partial charge in [0.25, 0.3) is 0 Å². The summed E-state index contributed by atoms with van der Waals surface area (Å²) in [4.78, 5) is 17.6. The molecule has 0 radical (unpaired) electrons. The lowest BCUT2D eigenvalue weighted by Crippen LogP contribution is -2.00. The fraction of sp³-hybridized carbons (Fsp3) is 0. The van der Waals surface area contributed by atoms with Crippen molar-refractivity contribution >= 4 is 11.7 Å². The molecule has 0 spiro atoms. The van der Waals surface area contributed by atoms with Crippen LogP contribution in [-0.4, -0.2) is 25.4 Å². The average molecular weight is 181 g/mol. The molecule has 0 fully saturated rings. The summed E-state index contributed by atoms with van der Waals surface area (Å²) in [6, 6.07) is 1.49. The van der Waals surface area contributed by atoms with Crippen molar-refractivity contribution in [3.05, 3.63) is 30.1 Å². The first-order chi connectivity index (χ1) is 6.20. The summed E-state index contributed by atoms with van der Waals surface area (Å²) >= 11 is 0. The number of fused-ring (bicyclic) bond motifs is 1. The second kappa shape index (κ2) is 2.51. The Hall–Kier alpha value is -1.98. The van der Waals surface area contributed by atoms with Crippen LogP contribution in [0.4, 0.5) is 4.39 Å². The second-order valence-corrected chi connectivity index (χ2v) is 2.35. The van der Waals surface area contributed by atoms with Gasteiger partial charge < -0.3 is 5.11 Å². The van der Waals surface area contributed by atoms with E-state index >= 15 is 0 Å². The summed E-state index contributed by atoms with van der Waals surface area (Å²) in [5.74, 6) is -2.27. The van der Waals surface area contributed by atoms with E-state index in [4.69, 9.17) is 5.11 Å². The van der Waals surface area contributed by atoms with Gasteiger partial charge in [-0.2, -0.15) is 4.39 Å². The standard InChI is InChI=1S/C7H4FN3O2/c8-5-4(6(12)13)10-7-9-2-1-3-11(5)7/h1-3H,(H,12,13). The van der Waals surface area contributed by atoms with E-state index in [1.165, 1.54) is 18.5 Å². The number of nitrogens with zero attached hydrogens (tertiary/aromatic N) is 3. The molecular weight excluding hydrogens is 177 g/mol. The molecule has 0 aliphatic heterocycles. The fourth-order valence-corrected chi connectivity index (χ4v) is 0.995. The Morgan fingerprint density at radius 1 is 1.62 bits per heavy atom. The van der Waals surface area contributed by atoms with E-state index in [0.717, 1.165) is 4.40 Å². The van der Waals surface area contributed by atoms with Gasteiger partial charge in [-0.25, -0.2) is 14.8 Å². The van der Waals surface area contributed by atoms with Crippen LogP contribution in [0.2, 0.25) is 0 Å². The Morgan fingerprint density at radius 2 is 2.38 bits per heavy atom. The van der Waals surface area contributed by atoms with Crippen LogP contribution in [0.3, 0.4) is 0 Å². The predicted octanol–water partition coefficient (Wildman–Crippen LogP) is 0.567. The van der Waals surface area contributed by atoms with Gasteiger partial charge in [-0.15, -0.1) is 0 Å². The average Bonchev–Trinajstić information content (AvgIpc) is 2.45. The van der Waals surface area contributed by atoms with Gasteiger partial charge in [0.15, 0.2) is 0 Å². The zero-order valence-corrected chi connectivity index (χ0v) is 6.31. The van der Waals surface area contributed by atoms with Crippen LogP contribution in [0.1, 0.15) is 10.5 Å². The molecule has 2 aromatic rings. The van der Waals surface area contributed by atoms with Crippen LogP contribution in [0.5, 0.6) is 0 Å². The number of hydrogen-bond acceptors (Lipinski definition) is 3. The minimum absolute atomic E-state index is 0.0393. The fourth-order valence-electron chi connectivity index (χ4n) is 0.995. The molecule has 2 aromatic heterocycles. The largest absolute Gasteiger partial charge is 0.476 e. The summed E-state index contributed by atoms with van der Waals surface area (Å²) < 4.78 is 14.1. The number of halogens is 1. The van der Waals surface area contributed by atoms with E-state index < -0.39 is 17.6 Å². The minimum atomic E-state index is -1.40. The Kier molecular flexibility index (Phi) is 1.48. The normalized spacial score (nSPS) is 10.5. The highest BCUT2D eigenvalue weighted by molar-refractivity contribution is 5.86. The highest BCUT2D eigenvalue weighted by Gasteiger charge is 2.17. The van der Waals surface area contributed by atoms with Gasteiger partial charge in [-0.1, -0.05) is 0 Å². The van der Waals surface area contributed by atoms with Crippen molar-refractivity contribution in [3.63, 3.8) is 0 Å². The van der Waals surface area contributed by atoms with Crippen LogP contribution in [0.15, 0.2) is 18.5 Å². The Labute approximate surface area is 71.5 Å². The quantitative estimate of drug-likeness (QED) is 0.698. The first-order valence-electron chi connectivity index (χ1n) is 3.42. The van der Waals surface area contributed by atoms with Crippen molar-refractivity contribution in [3.8, 4) is 0 Å². The summed E-state index contributed by atoms with van der Waals surface area (Å²) in [6.45, 7) is 0. The van der Waals surface area contributed by atoms with Gasteiger partial charge in [0, 0.05) is 12.4 Å².